The van der Waals surface area contributed by atoms with Gasteiger partial charge in [0.1, 0.15) is 24.2 Å². The smallest absolute Gasteiger partial charge is 0.264 e. The number of hydrogen-bond donors (Lipinski definition) is 1. The summed E-state index contributed by atoms with van der Waals surface area (Å²) in [5.41, 5.74) is 1.87. The van der Waals surface area contributed by atoms with E-state index in [4.69, 9.17) is 4.74 Å². The summed E-state index contributed by atoms with van der Waals surface area (Å²) >= 11 is 0. The lowest BCUT2D eigenvalue weighted by atomic mass is 10.1. The zero-order valence-corrected chi connectivity index (χ0v) is 24.9. The van der Waals surface area contributed by atoms with E-state index in [-0.39, 0.29) is 29.1 Å². The van der Waals surface area contributed by atoms with E-state index in [0.29, 0.717) is 18.8 Å². The van der Waals surface area contributed by atoms with Gasteiger partial charge in [-0.3, -0.25) is 13.9 Å². The number of carbonyl (C=O) groups is 2. The normalized spacial score (nSPS) is 12.7. The summed E-state index contributed by atoms with van der Waals surface area (Å²) in [6.07, 6.45) is 0.711. The van der Waals surface area contributed by atoms with E-state index in [1.165, 1.54) is 41.3 Å². The van der Waals surface area contributed by atoms with Gasteiger partial charge in [0.15, 0.2) is 0 Å². The van der Waals surface area contributed by atoms with Crippen LogP contribution in [0.1, 0.15) is 45.2 Å². The number of halogens is 1. The summed E-state index contributed by atoms with van der Waals surface area (Å²) in [7, 11) is -4.27. The Morgan fingerprint density at radius 2 is 1.59 bits per heavy atom. The van der Waals surface area contributed by atoms with Gasteiger partial charge in [-0.15, -0.1) is 0 Å². The van der Waals surface area contributed by atoms with Crippen LogP contribution in [0.3, 0.4) is 0 Å². The number of aryl methyl sites for hydroxylation is 1. The monoisotopic (exact) mass is 583 g/mol. The largest absolute Gasteiger partial charge is 0.494 e. The van der Waals surface area contributed by atoms with Crippen LogP contribution in [0.2, 0.25) is 0 Å². The first-order valence-corrected chi connectivity index (χ1v) is 15.1. The highest BCUT2D eigenvalue weighted by Gasteiger charge is 2.33. The molecule has 0 unspecified atom stereocenters. The maximum Gasteiger partial charge on any atom is 0.264 e. The van der Waals surface area contributed by atoms with E-state index in [1.54, 1.807) is 6.92 Å². The van der Waals surface area contributed by atoms with E-state index in [9.17, 15) is 22.4 Å². The SMILES string of the molecule is CCOc1ccc(S(=O)(=O)N(CC(=O)N(Cc2ccccc2C)[C@H](C)C(=O)N[C@@H](C)CC)c2ccc(F)cc2)cc1. The van der Waals surface area contributed by atoms with E-state index >= 15 is 0 Å². The molecule has 3 rings (SSSR count). The van der Waals surface area contributed by atoms with Crippen LogP contribution < -0.4 is 14.4 Å². The van der Waals surface area contributed by atoms with Crippen LogP contribution in [-0.4, -0.2) is 50.4 Å². The van der Waals surface area contributed by atoms with Crippen LogP contribution >= 0.6 is 0 Å². The summed E-state index contributed by atoms with van der Waals surface area (Å²) < 4.78 is 47.9. The average Bonchev–Trinajstić information content (AvgIpc) is 2.96. The van der Waals surface area contributed by atoms with Crippen LogP contribution in [0.4, 0.5) is 10.1 Å². The zero-order chi connectivity index (χ0) is 30.2. The molecular weight excluding hydrogens is 545 g/mol. The van der Waals surface area contributed by atoms with Crippen LogP contribution in [-0.2, 0) is 26.2 Å². The van der Waals surface area contributed by atoms with Gasteiger partial charge in [-0.05, 0) is 93.8 Å². The molecule has 10 heteroatoms. The topological polar surface area (TPSA) is 96.0 Å². The summed E-state index contributed by atoms with van der Waals surface area (Å²) in [5, 5.41) is 2.91. The van der Waals surface area contributed by atoms with E-state index in [1.807, 2.05) is 52.0 Å². The number of nitrogens with one attached hydrogen (secondary N) is 1. The molecule has 1 N–H and O–H groups in total. The minimum absolute atomic E-state index is 0.0638. The fourth-order valence-corrected chi connectivity index (χ4v) is 5.57. The highest BCUT2D eigenvalue weighted by Crippen LogP contribution is 2.26. The second-order valence-corrected chi connectivity index (χ2v) is 11.7. The quantitative estimate of drug-likeness (QED) is 0.304. The highest BCUT2D eigenvalue weighted by molar-refractivity contribution is 7.92. The lowest BCUT2D eigenvalue weighted by Gasteiger charge is -2.32. The van der Waals surface area contributed by atoms with Gasteiger partial charge in [-0.1, -0.05) is 31.2 Å². The first-order chi connectivity index (χ1) is 19.5. The van der Waals surface area contributed by atoms with Gasteiger partial charge < -0.3 is 15.0 Å². The molecule has 0 spiro atoms. The molecule has 0 fully saturated rings. The summed E-state index contributed by atoms with van der Waals surface area (Å²) in [6, 6.07) is 17.2. The fraction of sp³-hybridized carbons (Fsp3) is 0.355. The van der Waals surface area contributed by atoms with Gasteiger partial charge >= 0.3 is 0 Å². The van der Waals surface area contributed by atoms with E-state index in [0.717, 1.165) is 27.6 Å². The fourth-order valence-electron chi connectivity index (χ4n) is 4.16. The maximum absolute atomic E-state index is 14.0. The molecule has 0 saturated heterocycles. The minimum atomic E-state index is -4.27. The van der Waals surface area contributed by atoms with Crippen molar-refractivity contribution in [3.05, 3.63) is 89.7 Å². The molecule has 0 bridgehead atoms. The van der Waals surface area contributed by atoms with Gasteiger partial charge in [0.2, 0.25) is 11.8 Å². The number of carbonyl (C=O) groups excluding carboxylic acids is 2. The number of rotatable bonds is 13. The van der Waals surface area contributed by atoms with Crippen molar-refractivity contribution in [2.75, 3.05) is 17.5 Å². The van der Waals surface area contributed by atoms with Crippen LogP contribution in [0, 0.1) is 12.7 Å². The molecule has 0 saturated carbocycles. The molecule has 2 atom stereocenters. The third kappa shape index (κ3) is 8.07. The van der Waals surface area contributed by atoms with Gasteiger partial charge in [0, 0.05) is 12.6 Å². The Morgan fingerprint density at radius 3 is 2.17 bits per heavy atom. The molecule has 2 amide bonds. The number of amides is 2. The predicted molar refractivity (Wildman–Crippen MR) is 158 cm³/mol. The molecule has 0 aliphatic rings. The highest BCUT2D eigenvalue weighted by atomic mass is 32.2. The zero-order valence-electron chi connectivity index (χ0n) is 24.1. The van der Waals surface area contributed by atoms with Gasteiger partial charge in [-0.2, -0.15) is 0 Å². The number of sulfonamides is 1. The number of hydrogen-bond acceptors (Lipinski definition) is 5. The number of benzene rings is 3. The number of anilines is 1. The van der Waals surface area contributed by atoms with Crippen LogP contribution in [0.25, 0.3) is 0 Å². The molecule has 3 aromatic carbocycles. The summed E-state index contributed by atoms with van der Waals surface area (Å²) in [6.45, 7) is 9.08. The average molecular weight is 584 g/mol. The first-order valence-electron chi connectivity index (χ1n) is 13.6. The molecule has 0 aromatic heterocycles. The third-order valence-corrected chi connectivity index (χ3v) is 8.67. The molecule has 0 aliphatic carbocycles. The third-order valence-electron chi connectivity index (χ3n) is 6.89. The Hall–Kier alpha value is -3.92. The summed E-state index contributed by atoms with van der Waals surface area (Å²) in [4.78, 5) is 28.4. The molecule has 8 nitrogen and oxygen atoms in total. The second-order valence-electron chi connectivity index (χ2n) is 9.83. The van der Waals surface area contributed by atoms with Crippen LogP contribution in [0.15, 0.2) is 77.7 Å². The van der Waals surface area contributed by atoms with Crippen molar-refractivity contribution in [2.45, 2.75) is 64.6 Å². The number of ether oxygens (including phenoxy) is 1. The van der Waals surface area contributed by atoms with E-state index < -0.39 is 34.3 Å². The van der Waals surface area contributed by atoms with Gasteiger partial charge in [0.05, 0.1) is 17.2 Å². The van der Waals surface area contributed by atoms with Crippen molar-refractivity contribution in [1.29, 1.82) is 0 Å². The molecule has 41 heavy (non-hydrogen) atoms. The van der Waals surface area contributed by atoms with E-state index in [2.05, 4.69) is 5.32 Å². The molecule has 3 aromatic rings. The van der Waals surface area contributed by atoms with Gasteiger partial charge in [0.25, 0.3) is 10.0 Å². The van der Waals surface area contributed by atoms with Crippen molar-refractivity contribution in [3.63, 3.8) is 0 Å². The Labute approximate surface area is 242 Å². The van der Waals surface area contributed by atoms with Crippen molar-refractivity contribution in [1.82, 2.24) is 10.2 Å². The second kappa shape index (κ2) is 14.1. The van der Waals surface area contributed by atoms with Crippen LogP contribution in [0.5, 0.6) is 5.75 Å². The van der Waals surface area contributed by atoms with Crippen molar-refractivity contribution < 1.29 is 27.1 Å². The molecule has 0 heterocycles. The molecule has 0 aliphatic heterocycles. The predicted octanol–water partition coefficient (Wildman–Crippen LogP) is 5.06. The lowest BCUT2D eigenvalue weighted by molar-refractivity contribution is -0.139. The maximum atomic E-state index is 14.0. The standard InChI is InChI=1S/C31H38FN3O5S/c1-6-23(4)33-31(37)24(5)34(20-25-11-9-8-10-22(25)3)30(36)21-35(27-14-12-26(32)13-15-27)41(38,39)29-18-16-28(17-19-29)40-7-2/h8-19,23-24H,6-7,20-21H2,1-5H3,(H,33,37)/t23-,24+/m0/s1. The Bertz CT molecular complexity index is 1430. The van der Waals surface area contributed by atoms with Crippen molar-refractivity contribution >= 4 is 27.5 Å². The Kier molecular flexibility index (Phi) is 10.9. The number of nitrogens with zero attached hydrogens (tertiary/aromatic N) is 2. The first kappa shape index (κ1) is 31.6. The summed E-state index contributed by atoms with van der Waals surface area (Å²) in [5.74, 6) is -0.973. The molecular formula is C31H38FN3O5S. The Balaban J connectivity index is 2.02. The molecule has 220 valence electrons. The molecule has 0 radical (unpaired) electrons. The van der Waals surface area contributed by atoms with Crippen molar-refractivity contribution in [2.24, 2.45) is 0 Å². The lowest BCUT2D eigenvalue weighted by Crippen LogP contribution is -2.52. The van der Waals surface area contributed by atoms with Gasteiger partial charge in [-0.25, -0.2) is 12.8 Å². The minimum Gasteiger partial charge on any atom is -0.494 e. The Morgan fingerprint density at radius 1 is 0.951 bits per heavy atom. The van der Waals surface area contributed by atoms with Crippen molar-refractivity contribution in [3.8, 4) is 5.75 Å².